The maximum atomic E-state index is 14.3. The molecule has 12 heteroatoms. The lowest BCUT2D eigenvalue weighted by molar-refractivity contribution is 0.000755. The number of aryl methyl sites for hydroxylation is 1. The molecular formula is C33H42N10O2. The number of carbonyl (C=O) groups is 1. The van der Waals surface area contributed by atoms with Crippen molar-refractivity contribution < 1.29 is 9.90 Å². The SMILES string of the molecule is CC(NN1C=C(C#N)C=NC1NC1(N(C(=O)NCc2ccccc2)c2ccc(-c3cnn(C)c3)cn2)CCCCC1)C(C)(C)O. The molecule has 1 aromatic carbocycles. The van der Waals surface area contributed by atoms with Gasteiger partial charge in [0, 0.05) is 49.5 Å². The lowest BCUT2D eigenvalue weighted by Crippen LogP contribution is -2.69. The largest absolute Gasteiger partial charge is 0.389 e. The standard InChI is InChI=1S/C33H42N10O2/c1-24(32(2,3)45)40-42-22-26(17-34)19-36-30(42)39-33(15-9-6-10-16-33)43(31(44)37-18-25-11-7-5-8-12-25)29-14-13-27(20-35-29)28-21-38-41(4)23-28/h5,7-8,11-14,19-24,30,39-40,45H,6,9-10,15-16,18H2,1-4H3,(H,37,44). The lowest BCUT2D eigenvalue weighted by atomic mass is 9.87. The summed E-state index contributed by atoms with van der Waals surface area (Å²) in [6, 6.07) is 15.1. The Bertz CT molecular complexity index is 1550. The van der Waals surface area contributed by atoms with Crippen molar-refractivity contribution in [1.29, 1.82) is 5.26 Å². The first-order chi connectivity index (χ1) is 21.6. The second kappa shape index (κ2) is 13.6. The van der Waals surface area contributed by atoms with Crippen LogP contribution in [0.5, 0.6) is 0 Å². The fourth-order valence-corrected chi connectivity index (χ4v) is 5.57. The van der Waals surface area contributed by atoms with Gasteiger partial charge in [-0.05, 0) is 64.2 Å². The highest BCUT2D eigenvalue weighted by Gasteiger charge is 2.45. The highest BCUT2D eigenvalue weighted by molar-refractivity contribution is 5.92. The number of rotatable bonds is 10. The fourth-order valence-electron chi connectivity index (χ4n) is 5.57. The third-order valence-corrected chi connectivity index (χ3v) is 8.44. The highest BCUT2D eigenvalue weighted by Crippen LogP contribution is 2.36. The van der Waals surface area contributed by atoms with Crippen molar-refractivity contribution >= 4 is 18.1 Å². The zero-order valence-corrected chi connectivity index (χ0v) is 26.3. The molecule has 0 spiro atoms. The van der Waals surface area contributed by atoms with Crippen LogP contribution in [0.3, 0.4) is 0 Å². The van der Waals surface area contributed by atoms with Crippen LogP contribution in [-0.2, 0) is 13.6 Å². The van der Waals surface area contributed by atoms with E-state index >= 15 is 0 Å². The maximum Gasteiger partial charge on any atom is 0.324 e. The average Bonchev–Trinajstić information content (AvgIpc) is 3.48. The van der Waals surface area contributed by atoms with Crippen molar-refractivity contribution in [3.05, 3.63) is 78.4 Å². The number of hydrogen-bond acceptors (Lipinski definition) is 9. The van der Waals surface area contributed by atoms with Gasteiger partial charge >= 0.3 is 6.03 Å². The number of benzene rings is 1. The summed E-state index contributed by atoms with van der Waals surface area (Å²) in [6.07, 6.45) is 12.1. The van der Waals surface area contributed by atoms with Gasteiger partial charge in [0.15, 0.2) is 6.29 Å². The van der Waals surface area contributed by atoms with Crippen molar-refractivity contribution in [3.63, 3.8) is 0 Å². The molecule has 4 N–H and O–H groups in total. The summed E-state index contributed by atoms with van der Waals surface area (Å²) in [5.41, 5.74) is 4.57. The molecule has 2 amide bonds. The van der Waals surface area contributed by atoms with Crippen molar-refractivity contribution in [1.82, 2.24) is 35.8 Å². The second-order valence-corrected chi connectivity index (χ2v) is 12.3. The molecular weight excluding hydrogens is 568 g/mol. The summed E-state index contributed by atoms with van der Waals surface area (Å²) >= 11 is 0. The van der Waals surface area contributed by atoms with Gasteiger partial charge in [0.2, 0.25) is 0 Å². The van der Waals surface area contributed by atoms with Gasteiger partial charge in [-0.3, -0.25) is 24.9 Å². The van der Waals surface area contributed by atoms with Crippen molar-refractivity contribution in [2.75, 3.05) is 4.90 Å². The average molecular weight is 611 g/mol. The molecule has 0 saturated heterocycles. The first kappa shape index (κ1) is 31.8. The van der Waals surface area contributed by atoms with E-state index in [-0.39, 0.29) is 12.1 Å². The maximum absolute atomic E-state index is 14.3. The van der Waals surface area contributed by atoms with Crippen LogP contribution < -0.4 is 21.0 Å². The van der Waals surface area contributed by atoms with Crippen molar-refractivity contribution in [2.24, 2.45) is 12.0 Å². The van der Waals surface area contributed by atoms with Crippen LogP contribution in [0.15, 0.2) is 77.8 Å². The summed E-state index contributed by atoms with van der Waals surface area (Å²) in [5.74, 6) is 0.500. The number of aliphatic hydroxyl groups is 1. The van der Waals surface area contributed by atoms with Crippen LogP contribution in [0.2, 0.25) is 0 Å². The van der Waals surface area contributed by atoms with Crippen LogP contribution in [0.1, 0.15) is 58.4 Å². The number of allylic oxidation sites excluding steroid dienone is 1. The molecule has 0 radical (unpaired) electrons. The van der Waals surface area contributed by atoms with E-state index in [4.69, 9.17) is 4.98 Å². The quantitative estimate of drug-likeness (QED) is 0.250. The monoisotopic (exact) mass is 610 g/mol. The molecule has 2 aromatic heterocycles. The second-order valence-electron chi connectivity index (χ2n) is 12.3. The molecule has 2 unspecified atom stereocenters. The fraction of sp³-hybridized carbons (Fsp3) is 0.424. The summed E-state index contributed by atoms with van der Waals surface area (Å²) in [7, 11) is 1.87. The molecule has 1 fully saturated rings. The molecule has 5 rings (SSSR count). The van der Waals surface area contributed by atoms with E-state index in [1.54, 1.807) is 47.0 Å². The van der Waals surface area contributed by atoms with Crippen LogP contribution in [-0.4, -0.2) is 60.7 Å². The minimum atomic E-state index is -1.04. The van der Waals surface area contributed by atoms with E-state index in [0.717, 1.165) is 36.0 Å². The van der Waals surface area contributed by atoms with Gasteiger partial charge in [0.05, 0.1) is 23.4 Å². The summed E-state index contributed by atoms with van der Waals surface area (Å²) in [6.45, 7) is 5.66. The van der Waals surface area contributed by atoms with Gasteiger partial charge in [-0.2, -0.15) is 10.4 Å². The van der Waals surface area contributed by atoms with E-state index < -0.39 is 17.6 Å². The van der Waals surface area contributed by atoms with E-state index in [0.29, 0.717) is 30.8 Å². The molecule has 3 heterocycles. The molecule has 12 nitrogen and oxygen atoms in total. The Morgan fingerprint density at radius 2 is 1.91 bits per heavy atom. The van der Waals surface area contributed by atoms with E-state index in [9.17, 15) is 15.2 Å². The zero-order chi connectivity index (χ0) is 32.0. The number of carbonyl (C=O) groups excluding carboxylic acids is 1. The number of nitriles is 1. The predicted molar refractivity (Wildman–Crippen MR) is 173 cm³/mol. The smallest absolute Gasteiger partial charge is 0.324 e. The third kappa shape index (κ3) is 7.57. The first-order valence-corrected chi connectivity index (χ1v) is 15.3. The number of hydrazine groups is 1. The van der Waals surface area contributed by atoms with E-state index in [1.807, 2.05) is 62.6 Å². The number of amides is 2. The van der Waals surface area contributed by atoms with Gasteiger partial charge in [0.1, 0.15) is 17.5 Å². The molecule has 1 aliphatic carbocycles. The number of urea groups is 1. The van der Waals surface area contributed by atoms with Gasteiger partial charge in [-0.15, -0.1) is 0 Å². The Labute approximate surface area is 264 Å². The lowest BCUT2D eigenvalue weighted by Gasteiger charge is -2.49. The normalized spacial score (nSPS) is 18.5. The molecule has 1 aliphatic heterocycles. The Kier molecular flexibility index (Phi) is 9.63. The molecule has 45 heavy (non-hydrogen) atoms. The number of aromatic nitrogens is 3. The summed E-state index contributed by atoms with van der Waals surface area (Å²) < 4.78 is 1.74. The minimum absolute atomic E-state index is 0.285. The van der Waals surface area contributed by atoms with Crippen molar-refractivity contribution in [3.8, 4) is 17.2 Å². The van der Waals surface area contributed by atoms with Gasteiger partial charge in [-0.1, -0.05) is 36.8 Å². The van der Waals surface area contributed by atoms with Crippen LogP contribution in [0, 0.1) is 11.3 Å². The number of hydrogen-bond donors (Lipinski definition) is 4. The Morgan fingerprint density at radius 3 is 2.53 bits per heavy atom. The third-order valence-electron chi connectivity index (χ3n) is 8.44. The minimum Gasteiger partial charge on any atom is -0.389 e. The number of aliphatic imine (C=N–C) groups is 1. The molecule has 236 valence electrons. The van der Waals surface area contributed by atoms with Crippen LogP contribution in [0.25, 0.3) is 11.1 Å². The van der Waals surface area contributed by atoms with E-state index in [1.165, 1.54) is 6.21 Å². The summed E-state index contributed by atoms with van der Waals surface area (Å²) in [4.78, 5) is 25.5. The highest BCUT2D eigenvalue weighted by atomic mass is 16.3. The first-order valence-electron chi connectivity index (χ1n) is 15.3. The van der Waals surface area contributed by atoms with E-state index in [2.05, 4.69) is 32.2 Å². The number of nitrogens with zero attached hydrogens (tertiary/aromatic N) is 7. The number of nitrogens with one attached hydrogen (secondary N) is 3. The summed E-state index contributed by atoms with van der Waals surface area (Å²) in [5, 5.41) is 33.1. The molecule has 0 bridgehead atoms. The molecule has 2 atom stereocenters. The predicted octanol–water partition coefficient (Wildman–Crippen LogP) is 4.19. The number of anilines is 1. The van der Waals surface area contributed by atoms with Crippen LogP contribution in [0.4, 0.5) is 10.6 Å². The van der Waals surface area contributed by atoms with Crippen LogP contribution >= 0.6 is 0 Å². The molecule has 3 aromatic rings. The zero-order valence-electron chi connectivity index (χ0n) is 26.3. The molecule has 2 aliphatic rings. The van der Waals surface area contributed by atoms with Gasteiger partial charge < -0.3 is 10.4 Å². The van der Waals surface area contributed by atoms with Gasteiger partial charge in [0.25, 0.3) is 0 Å². The number of pyridine rings is 1. The Balaban J connectivity index is 1.51. The Morgan fingerprint density at radius 1 is 1.16 bits per heavy atom. The van der Waals surface area contributed by atoms with Crippen molar-refractivity contribution in [2.45, 2.75) is 83.0 Å². The Hall–Kier alpha value is -4.57. The molecule has 1 saturated carbocycles. The topological polar surface area (TPSA) is 147 Å². The van der Waals surface area contributed by atoms with Gasteiger partial charge in [-0.25, -0.2) is 15.2 Å².